The molecule has 1 N–H and O–H groups in total. The van der Waals surface area contributed by atoms with Crippen molar-refractivity contribution in [2.24, 2.45) is 5.92 Å². The van der Waals surface area contributed by atoms with Crippen LogP contribution in [0.2, 0.25) is 5.02 Å². The normalized spacial score (nSPS) is 13.0. The van der Waals surface area contributed by atoms with Crippen molar-refractivity contribution in [3.63, 3.8) is 0 Å². The number of nitro benzene ring substituents is 2. The maximum Gasteiger partial charge on any atom is 0.301 e. The molecule has 0 unspecified atom stereocenters. The van der Waals surface area contributed by atoms with Gasteiger partial charge in [-0.3, -0.25) is 20.2 Å². The van der Waals surface area contributed by atoms with Crippen LogP contribution in [-0.4, -0.2) is 16.4 Å². The quantitative estimate of drug-likeness (QED) is 0.294. The smallest absolute Gasteiger partial charge is 0.301 e. The fourth-order valence-electron chi connectivity index (χ4n) is 2.56. The first kappa shape index (κ1) is 23.3. The number of hydrogen-bond acceptors (Lipinski definition) is 5. The Morgan fingerprint density at radius 2 is 1.43 bits per heavy atom. The lowest BCUT2D eigenvalue weighted by atomic mass is 10.1. The van der Waals surface area contributed by atoms with Gasteiger partial charge in [0.15, 0.2) is 0 Å². The van der Waals surface area contributed by atoms with Crippen LogP contribution in [0.4, 0.5) is 34.6 Å². The third kappa shape index (κ3) is 6.02. The van der Waals surface area contributed by atoms with E-state index in [1.54, 1.807) is 0 Å². The molecule has 0 amide bonds. The highest BCUT2D eigenvalue weighted by Gasteiger charge is 2.27. The summed E-state index contributed by atoms with van der Waals surface area (Å²) < 4.78 is 49.7. The molecule has 12 heteroatoms. The number of nitrogens with zero attached hydrogens (tertiary/aromatic N) is 2. The van der Waals surface area contributed by atoms with Crippen LogP contribution in [0.15, 0.2) is 36.4 Å². The molecule has 0 aliphatic heterocycles. The predicted molar refractivity (Wildman–Crippen MR) is 102 cm³/mol. The molecular formula is C18H16ClF4N3O4. The van der Waals surface area contributed by atoms with Gasteiger partial charge < -0.3 is 5.32 Å². The minimum atomic E-state index is -2.89. The second-order valence-electron chi connectivity index (χ2n) is 6.36. The Morgan fingerprint density at radius 3 is 1.87 bits per heavy atom. The van der Waals surface area contributed by atoms with Gasteiger partial charge in [0.05, 0.1) is 21.0 Å². The van der Waals surface area contributed by atoms with Crippen molar-refractivity contribution in [1.29, 1.82) is 0 Å². The van der Waals surface area contributed by atoms with Crippen molar-refractivity contribution < 1.29 is 27.4 Å². The molecule has 1 saturated carbocycles. The zero-order valence-corrected chi connectivity index (χ0v) is 16.0. The maximum atomic E-state index is 12.6. The molecule has 3 rings (SSSR count). The minimum Gasteiger partial charge on any atom is -0.379 e. The van der Waals surface area contributed by atoms with Crippen LogP contribution in [0.3, 0.4) is 0 Å². The highest BCUT2D eigenvalue weighted by molar-refractivity contribution is 6.32. The monoisotopic (exact) mass is 449 g/mol. The number of anilines is 1. The first-order valence-corrected chi connectivity index (χ1v) is 9.01. The third-order valence-electron chi connectivity index (χ3n) is 4.20. The van der Waals surface area contributed by atoms with E-state index in [9.17, 15) is 37.8 Å². The van der Waals surface area contributed by atoms with Crippen molar-refractivity contribution >= 4 is 28.7 Å². The topological polar surface area (TPSA) is 98.3 Å². The van der Waals surface area contributed by atoms with Gasteiger partial charge in [-0.15, -0.1) is 0 Å². The van der Waals surface area contributed by atoms with E-state index >= 15 is 0 Å². The lowest BCUT2D eigenvalue weighted by Crippen LogP contribution is -2.07. The first-order chi connectivity index (χ1) is 14.1. The number of alkyl halides is 4. The number of halogens is 5. The summed E-state index contributed by atoms with van der Waals surface area (Å²) >= 11 is 5.39. The molecule has 2 aromatic rings. The maximum absolute atomic E-state index is 12.6. The molecule has 0 spiro atoms. The molecule has 0 aromatic heterocycles. The van der Waals surface area contributed by atoms with E-state index in [1.807, 2.05) is 0 Å². The molecule has 1 aliphatic rings. The van der Waals surface area contributed by atoms with Crippen molar-refractivity contribution in [3.8, 4) is 0 Å². The molecule has 162 valence electrons. The highest BCUT2D eigenvalue weighted by Crippen LogP contribution is 2.37. The summed E-state index contributed by atoms with van der Waals surface area (Å²) in [6.07, 6.45) is -3.54. The summed E-state index contributed by atoms with van der Waals surface area (Å²) in [5, 5.41) is 23.8. The van der Waals surface area contributed by atoms with E-state index in [-0.39, 0.29) is 10.7 Å². The standard InChI is InChI=1S/C11H12F2N2O2.C7H4ClF2NO2/c12-11(13)8-2-1-3-9(10(8)15(16)17)14-6-7-4-5-7;8-5-3-1-2-4(7(9)10)6(5)11(12)13/h1-3,7,11,14H,4-6H2;1-3,7H. The molecule has 7 nitrogen and oxygen atoms in total. The van der Waals surface area contributed by atoms with E-state index in [0.29, 0.717) is 12.5 Å². The van der Waals surface area contributed by atoms with E-state index in [1.165, 1.54) is 24.3 Å². The summed E-state index contributed by atoms with van der Waals surface area (Å²) in [5.74, 6) is 0.518. The van der Waals surface area contributed by atoms with Gasteiger partial charge in [-0.05, 0) is 43.0 Å². The first-order valence-electron chi connectivity index (χ1n) is 8.63. The second-order valence-corrected chi connectivity index (χ2v) is 6.77. The molecule has 30 heavy (non-hydrogen) atoms. The summed E-state index contributed by atoms with van der Waals surface area (Å²) in [7, 11) is 0. The number of rotatable bonds is 7. The lowest BCUT2D eigenvalue weighted by molar-refractivity contribution is -0.386. The second kappa shape index (κ2) is 10.2. The Hall–Kier alpha value is -2.95. The minimum absolute atomic E-state index is 0.180. The number of benzene rings is 2. The molecule has 2 aromatic carbocycles. The van der Waals surface area contributed by atoms with Crippen LogP contribution >= 0.6 is 11.6 Å². The number of hydrogen-bond donors (Lipinski definition) is 1. The van der Waals surface area contributed by atoms with Gasteiger partial charge in [-0.25, -0.2) is 17.6 Å². The molecule has 1 aliphatic carbocycles. The molecule has 0 bridgehead atoms. The lowest BCUT2D eigenvalue weighted by Gasteiger charge is -2.09. The fraction of sp³-hybridized carbons (Fsp3) is 0.333. The zero-order valence-electron chi connectivity index (χ0n) is 15.2. The Labute approximate surface area is 172 Å². The fourth-order valence-corrected chi connectivity index (χ4v) is 2.81. The Balaban J connectivity index is 0.000000222. The third-order valence-corrected chi connectivity index (χ3v) is 4.50. The van der Waals surface area contributed by atoms with Crippen molar-refractivity contribution in [1.82, 2.24) is 0 Å². The van der Waals surface area contributed by atoms with Gasteiger partial charge in [0.1, 0.15) is 10.7 Å². The van der Waals surface area contributed by atoms with Crippen LogP contribution in [-0.2, 0) is 0 Å². The molecular weight excluding hydrogens is 434 g/mol. The summed E-state index contributed by atoms with van der Waals surface area (Å²) in [4.78, 5) is 19.5. The van der Waals surface area contributed by atoms with Gasteiger partial charge in [0, 0.05) is 6.54 Å². The van der Waals surface area contributed by atoms with Crippen LogP contribution in [0.25, 0.3) is 0 Å². The predicted octanol–water partition coefficient (Wildman–Crippen LogP) is 6.54. The van der Waals surface area contributed by atoms with E-state index in [2.05, 4.69) is 5.32 Å². The molecule has 0 saturated heterocycles. The van der Waals surface area contributed by atoms with Crippen molar-refractivity contribution in [3.05, 3.63) is 72.8 Å². The summed E-state index contributed by atoms with van der Waals surface area (Å²) in [6, 6.07) is 7.39. The highest BCUT2D eigenvalue weighted by atomic mass is 35.5. The van der Waals surface area contributed by atoms with Gasteiger partial charge in [0.25, 0.3) is 18.5 Å². The van der Waals surface area contributed by atoms with E-state index in [0.717, 1.165) is 25.0 Å². The average molecular weight is 450 g/mol. The average Bonchev–Trinajstić information content (AvgIpc) is 3.50. The number of para-hydroxylation sites is 2. The van der Waals surface area contributed by atoms with E-state index < -0.39 is 45.2 Å². The summed E-state index contributed by atoms with van der Waals surface area (Å²) in [6.45, 7) is 0.605. The largest absolute Gasteiger partial charge is 0.379 e. The Kier molecular flexibility index (Phi) is 7.93. The molecule has 0 heterocycles. The van der Waals surface area contributed by atoms with Gasteiger partial charge >= 0.3 is 5.69 Å². The number of nitrogens with one attached hydrogen (secondary N) is 1. The summed E-state index contributed by atoms with van der Waals surface area (Å²) in [5.41, 5.74) is -2.24. The SMILES string of the molecule is O=[N+]([O-])c1c(Cl)cccc1C(F)F.O=[N+]([O-])c1c(NCC2CC2)cccc1C(F)F. The van der Waals surface area contributed by atoms with Gasteiger partial charge in [-0.2, -0.15) is 0 Å². The Morgan fingerprint density at radius 1 is 0.933 bits per heavy atom. The van der Waals surface area contributed by atoms with Crippen LogP contribution in [0.1, 0.15) is 36.8 Å². The molecule has 0 atom stereocenters. The van der Waals surface area contributed by atoms with Crippen LogP contribution < -0.4 is 5.32 Å². The molecule has 0 radical (unpaired) electrons. The van der Waals surface area contributed by atoms with E-state index in [4.69, 9.17) is 11.6 Å². The zero-order chi connectivity index (χ0) is 22.4. The number of nitro groups is 2. The van der Waals surface area contributed by atoms with Crippen molar-refractivity contribution in [2.45, 2.75) is 25.7 Å². The molecule has 1 fully saturated rings. The Bertz CT molecular complexity index is 926. The van der Waals surface area contributed by atoms with Crippen LogP contribution in [0.5, 0.6) is 0 Å². The van der Waals surface area contributed by atoms with Gasteiger partial charge in [0.2, 0.25) is 0 Å². The van der Waals surface area contributed by atoms with Gasteiger partial charge in [-0.1, -0.05) is 23.7 Å². The van der Waals surface area contributed by atoms with Crippen molar-refractivity contribution in [2.75, 3.05) is 11.9 Å². The van der Waals surface area contributed by atoms with Crippen LogP contribution in [0, 0.1) is 26.1 Å².